The second kappa shape index (κ2) is 8.18. The van der Waals surface area contributed by atoms with Crippen molar-refractivity contribution in [2.75, 3.05) is 13.4 Å². The zero-order chi connectivity index (χ0) is 19.5. The zero-order valence-corrected chi connectivity index (χ0v) is 17.2. The van der Waals surface area contributed by atoms with Crippen LogP contribution in [-0.2, 0) is 9.84 Å². The van der Waals surface area contributed by atoms with E-state index in [1.54, 1.807) is 6.07 Å². The average molecular weight is 397 g/mol. The molecule has 0 saturated carbocycles. The first-order valence-electron chi connectivity index (χ1n) is 8.22. The van der Waals surface area contributed by atoms with E-state index in [-0.39, 0.29) is 28.2 Å². The Kier molecular flexibility index (Phi) is 6.41. The highest BCUT2D eigenvalue weighted by Crippen LogP contribution is 2.27. The molecular formula is C18H24N2O4S2. The number of ether oxygens (including phenoxy) is 1. The monoisotopic (exact) mass is 396 g/mol. The van der Waals surface area contributed by atoms with Gasteiger partial charge in [-0.1, -0.05) is 13.8 Å². The van der Waals surface area contributed by atoms with Crippen molar-refractivity contribution in [2.45, 2.75) is 38.1 Å². The third-order valence-electron chi connectivity index (χ3n) is 3.77. The molecule has 1 unspecified atom stereocenters. The Morgan fingerprint density at radius 1 is 1.35 bits per heavy atom. The van der Waals surface area contributed by atoms with Crippen molar-refractivity contribution >= 4 is 27.1 Å². The van der Waals surface area contributed by atoms with Crippen LogP contribution in [0.1, 0.15) is 47.4 Å². The lowest BCUT2D eigenvalue weighted by atomic mass is 10.0. The van der Waals surface area contributed by atoms with Gasteiger partial charge in [-0.15, -0.1) is 11.3 Å². The minimum absolute atomic E-state index is 0.00171. The number of benzene rings is 1. The quantitative estimate of drug-likeness (QED) is 0.775. The Hall–Kier alpha value is -1.93. The SMILES string of the molecule is COc1ccc(C(=O)NC(CC(C)C)c2nc(C)cs2)cc1S(C)(=O)=O. The molecule has 1 N–H and O–H groups in total. The summed E-state index contributed by atoms with van der Waals surface area (Å²) >= 11 is 1.51. The molecule has 26 heavy (non-hydrogen) atoms. The second-order valence-corrected chi connectivity index (χ2v) is 9.49. The molecule has 1 atom stereocenters. The Morgan fingerprint density at radius 3 is 2.54 bits per heavy atom. The number of carbonyl (C=O) groups excluding carboxylic acids is 1. The van der Waals surface area contributed by atoms with E-state index >= 15 is 0 Å². The van der Waals surface area contributed by atoms with Gasteiger partial charge in [0.05, 0.1) is 13.2 Å². The van der Waals surface area contributed by atoms with Crippen LogP contribution in [0.4, 0.5) is 0 Å². The van der Waals surface area contributed by atoms with E-state index in [4.69, 9.17) is 4.74 Å². The fourth-order valence-electron chi connectivity index (χ4n) is 2.57. The lowest BCUT2D eigenvalue weighted by molar-refractivity contribution is 0.0931. The summed E-state index contributed by atoms with van der Waals surface area (Å²) in [6.07, 6.45) is 1.83. The van der Waals surface area contributed by atoms with Gasteiger partial charge in [-0.25, -0.2) is 13.4 Å². The number of nitrogens with one attached hydrogen (secondary N) is 1. The predicted octanol–water partition coefficient (Wildman–Crippen LogP) is 3.38. The molecule has 1 aromatic carbocycles. The number of hydrogen-bond donors (Lipinski definition) is 1. The fourth-order valence-corrected chi connectivity index (χ4v) is 4.29. The normalized spacial score (nSPS) is 12.8. The van der Waals surface area contributed by atoms with Crippen LogP contribution >= 0.6 is 11.3 Å². The molecule has 0 radical (unpaired) electrons. The largest absolute Gasteiger partial charge is 0.495 e. The minimum Gasteiger partial charge on any atom is -0.495 e. The van der Waals surface area contributed by atoms with Crippen molar-refractivity contribution in [3.05, 3.63) is 39.8 Å². The average Bonchev–Trinajstić information content (AvgIpc) is 2.98. The zero-order valence-electron chi connectivity index (χ0n) is 15.6. The molecular weight excluding hydrogens is 372 g/mol. The number of methoxy groups -OCH3 is 1. The maximum atomic E-state index is 12.7. The number of hydrogen-bond acceptors (Lipinski definition) is 6. The summed E-state index contributed by atoms with van der Waals surface area (Å²) in [5, 5.41) is 5.78. The molecule has 0 aliphatic rings. The first kappa shape index (κ1) is 20.4. The van der Waals surface area contributed by atoms with Crippen LogP contribution in [0, 0.1) is 12.8 Å². The van der Waals surface area contributed by atoms with E-state index in [9.17, 15) is 13.2 Å². The molecule has 1 aromatic heterocycles. The highest BCUT2D eigenvalue weighted by Gasteiger charge is 2.22. The van der Waals surface area contributed by atoms with Gasteiger partial charge in [-0.3, -0.25) is 4.79 Å². The molecule has 1 heterocycles. The van der Waals surface area contributed by atoms with Crippen LogP contribution in [0.25, 0.3) is 0 Å². The lowest BCUT2D eigenvalue weighted by Crippen LogP contribution is -2.29. The first-order chi connectivity index (χ1) is 12.1. The van der Waals surface area contributed by atoms with Crippen LogP contribution in [0.5, 0.6) is 5.75 Å². The van der Waals surface area contributed by atoms with Gasteiger partial charge in [0.25, 0.3) is 5.91 Å². The van der Waals surface area contributed by atoms with E-state index < -0.39 is 9.84 Å². The molecule has 0 fully saturated rings. The molecule has 2 aromatic rings. The number of nitrogens with zero attached hydrogens (tertiary/aromatic N) is 1. The number of sulfone groups is 1. The molecule has 0 spiro atoms. The van der Waals surface area contributed by atoms with Gasteiger partial charge in [0.2, 0.25) is 0 Å². The third kappa shape index (κ3) is 5.04. The molecule has 0 aliphatic heterocycles. The second-order valence-electron chi connectivity index (χ2n) is 6.62. The molecule has 6 nitrogen and oxygen atoms in total. The van der Waals surface area contributed by atoms with Gasteiger partial charge in [0.1, 0.15) is 15.7 Å². The van der Waals surface area contributed by atoms with Crippen molar-refractivity contribution in [2.24, 2.45) is 5.92 Å². The molecule has 142 valence electrons. The summed E-state index contributed by atoms with van der Waals surface area (Å²) < 4.78 is 29.0. The lowest BCUT2D eigenvalue weighted by Gasteiger charge is -2.19. The molecule has 1 amide bonds. The van der Waals surface area contributed by atoms with Gasteiger partial charge in [0, 0.05) is 22.9 Å². The molecule has 0 saturated heterocycles. The van der Waals surface area contributed by atoms with Gasteiger partial charge in [0.15, 0.2) is 9.84 Å². The summed E-state index contributed by atoms with van der Waals surface area (Å²) in [6.45, 7) is 6.07. The number of rotatable bonds is 7. The smallest absolute Gasteiger partial charge is 0.251 e. The third-order valence-corrected chi connectivity index (χ3v) is 5.97. The van der Waals surface area contributed by atoms with Crippen molar-refractivity contribution in [1.29, 1.82) is 0 Å². The van der Waals surface area contributed by atoms with E-state index in [0.717, 1.165) is 23.4 Å². The Bertz CT molecular complexity index is 888. The molecule has 8 heteroatoms. The summed E-state index contributed by atoms with van der Waals surface area (Å²) in [5.74, 6) is 0.251. The van der Waals surface area contributed by atoms with Gasteiger partial charge in [-0.05, 0) is 37.5 Å². The first-order valence-corrected chi connectivity index (χ1v) is 11.0. The fraction of sp³-hybridized carbons (Fsp3) is 0.444. The topological polar surface area (TPSA) is 85.4 Å². The Morgan fingerprint density at radius 2 is 2.04 bits per heavy atom. The van der Waals surface area contributed by atoms with Crippen LogP contribution in [-0.4, -0.2) is 32.7 Å². The van der Waals surface area contributed by atoms with Crippen molar-refractivity contribution < 1.29 is 17.9 Å². The Balaban J connectivity index is 2.32. The van der Waals surface area contributed by atoms with E-state index in [1.165, 1.54) is 30.6 Å². The minimum atomic E-state index is -3.51. The summed E-state index contributed by atoms with van der Waals surface area (Å²) in [7, 11) is -2.12. The number of carbonyl (C=O) groups is 1. The number of amides is 1. The van der Waals surface area contributed by atoms with Crippen molar-refractivity contribution in [1.82, 2.24) is 10.3 Å². The van der Waals surface area contributed by atoms with Gasteiger partial charge >= 0.3 is 0 Å². The molecule has 0 bridgehead atoms. The summed E-state index contributed by atoms with van der Waals surface area (Å²) in [5.41, 5.74) is 1.19. The van der Waals surface area contributed by atoms with Crippen LogP contribution < -0.4 is 10.1 Å². The van der Waals surface area contributed by atoms with Crippen LogP contribution in [0.3, 0.4) is 0 Å². The van der Waals surface area contributed by atoms with E-state index in [2.05, 4.69) is 24.1 Å². The van der Waals surface area contributed by atoms with Gasteiger partial charge < -0.3 is 10.1 Å². The van der Waals surface area contributed by atoms with Crippen molar-refractivity contribution in [3.63, 3.8) is 0 Å². The number of aryl methyl sites for hydroxylation is 1. The highest BCUT2D eigenvalue weighted by molar-refractivity contribution is 7.90. The van der Waals surface area contributed by atoms with Crippen LogP contribution in [0.15, 0.2) is 28.5 Å². The molecule has 0 aliphatic carbocycles. The number of aromatic nitrogens is 1. The van der Waals surface area contributed by atoms with E-state index in [0.29, 0.717) is 5.92 Å². The maximum absolute atomic E-state index is 12.7. The van der Waals surface area contributed by atoms with Crippen molar-refractivity contribution in [3.8, 4) is 5.75 Å². The maximum Gasteiger partial charge on any atom is 0.251 e. The summed E-state index contributed by atoms with van der Waals surface area (Å²) in [4.78, 5) is 17.2. The van der Waals surface area contributed by atoms with Gasteiger partial charge in [-0.2, -0.15) is 0 Å². The Labute approximate surface area is 158 Å². The summed E-state index contributed by atoms with van der Waals surface area (Å²) in [6, 6.07) is 4.19. The predicted molar refractivity (Wildman–Crippen MR) is 103 cm³/mol. The van der Waals surface area contributed by atoms with Crippen LogP contribution in [0.2, 0.25) is 0 Å². The highest BCUT2D eigenvalue weighted by atomic mass is 32.2. The number of thiazole rings is 1. The molecule has 2 rings (SSSR count). The van der Waals surface area contributed by atoms with E-state index in [1.807, 2.05) is 12.3 Å². The standard InChI is InChI=1S/C18H24N2O4S2/c1-11(2)8-14(18-19-12(3)10-25-18)20-17(21)13-6-7-15(24-4)16(9-13)26(5,22)23/h6-7,9-11,14H,8H2,1-5H3,(H,20,21).